The Hall–Kier alpha value is -0.280. The molecule has 0 bridgehead atoms. The summed E-state index contributed by atoms with van der Waals surface area (Å²) in [5.41, 5.74) is 0. The number of hydrogen-bond acceptors (Lipinski definition) is 3. The Morgan fingerprint density at radius 1 is 0.652 bits per heavy atom. The molecule has 2 nitrogen and oxygen atoms in total. The molecule has 0 unspecified atom stereocenters. The van der Waals surface area contributed by atoms with Crippen LogP contribution in [-0.4, -0.2) is 24.9 Å². The standard InChI is InChI=1S/C20H37O2S/c21-17-15-13-11-9-7-5-3-1-2-4-6-8-10-12-14-16-18-22-19-20-23/h20H,1-16,18-19H2. The fraction of sp³-hybridized carbons (Fsp3) is 0.900. The maximum Gasteiger partial charge on any atom is 0.198 e. The van der Waals surface area contributed by atoms with Crippen LogP contribution in [0.15, 0.2) is 0 Å². The van der Waals surface area contributed by atoms with Crippen molar-refractivity contribution in [2.75, 3.05) is 13.2 Å². The number of carbonyl (C=O) groups excluding carboxylic acids is 1. The number of thiocarbonyl (C=S) groups is 1. The third kappa shape index (κ3) is 21.7. The lowest BCUT2D eigenvalue weighted by Gasteiger charge is -2.03. The molecule has 23 heavy (non-hydrogen) atoms. The van der Waals surface area contributed by atoms with Crippen molar-refractivity contribution in [2.45, 2.75) is 103 Å². The van der Waals surface area contributed by atoms with E-state index in [9.17, 15) is 4.79 Å². The van der Waals surface area contributed by atoms with Gasteiger partial charge in [0.25, 0.3) is 0 Å². The van der Waals surface area contributed by atoms with Crippen molar-refractivity contribution in [3.05, 3.63) is 0 Å². The topological polar surface area (TPSA) is 26.3 Å². The normalized spacial score (nSPS) is 10.8. The molecule has 0 spiro atoms. The third-order valence-corrected chi connectivity index (χ3v) is 4.39. The van der Waals surface area contributed by atoms with E-state index < -0.39 is 0 Å². The second-order valence-corrected chi connectivity index (χ2v) is 6.77. The van der Waals surface area contributed by atoms with Gasteiger partial charge in [0, 0.05) is 18.4 Å². The van der Waals surface area contributed by atoms with Gasteiger partial charge in [-0.15, -0.1) is 0 Å². The van der Waals surface area contributed by atoms with Crippen LogP contribution in [0.1, 0.15) is 103 Å². The molecule has 0 atom stereocenters. The highest BCUT2D eigenvalue weighted by Crippen LogP contribution is 2.13. The van der Waals surface area contributed by atoms with E-state index in [2.05, 4.69) is 0 Å². The summed E-state index contributed by atoms with van der Waals surface area (Å²) in [4.78, 5) is 10.1. The third-order valence-electron chi connectivity index (χ3n) is 4.25. The first-order chi connectivity index (χ1) is 11.4. The van der Waals surface area contributed by atoms with Crippen LogP contribution in [0.3, 0.4) is 0 Å². The molecule has 0 saturated carbocycles. The summed E-state index contributed by atoms with van der Waals surface area (Å²) in [6, 6.07) is 0. The molecule has 0 amide bonds. The van der Waals surface area contributed by atoms with Crippen molar-refractivity contribution >= 4 is 23.9 Å². The highest BCUT2D eigenvalue weighted by Gasteiger charge is 1.95. The molecular weight excluding hydrogens is 304 g/mol. The van der Waals surface area contributed by atoms with Crippen LogP contribution in [0.25, 0.3) is 0 Å². The monoisotopic (exact) mass is 341 g/mol. The van der Waals surface area contributed by atoms with Crippen molar-refractivity contribution < 1.29 is 9.53 Å². The summed E-state index contributed by atoms with van der Waals surface area (Å²) in [6.45, 7) is 1.48. The zero-order chi connectivity index (χ0) is 16.8. The van der Waals surface area contributed by atoms with Crippen molar-refractivity contribution in [3.8, 4) is 0 Å². The zero-order valence-electron chi connectivity index (χ0n) is 15.0. The summed E-state index contributed by atoms with van der Waals surface area (Å²) in [6.07, 6.45) is 22.4. The summed E-state index contributed by atoms with van der Waals surface area (Å²) in [5, 5.41) is 1.65. The van der Waals surface area contributed by atoms with Crippen LogP contribution in [0, 0.1) is 0 Å². The Kier molecular flexibility index (Phi) is 21.5. The minimum absolute atomic E-state index is 0.619. The Labute approximate surface area is 149 Å². The molecule has 0 heterocycles. The molecule has 0 aromatic rings. The van der Waals surface area contributed by atoms with Crippen LogP contribution in [-0.2, 0) is 9.53 Å². The summed E-state index contributed by atoms with van der Waals surface area (Å²) in [5.74, 6) is 0. The minimum atomic E-state index is 0.619. The number of unbranched alkanes of at least 4 members (excludes halogenated alkanes) is 15. The van der Waals surface area contributed by atoms with Gasteiger partial charge in [0.2, 0.25) is 0 Å². The van der Waals surface area contributed by atoms with Crippen LogP contribution >= 0.6 is 12.2 Å². The van der Waals surface area contributed by atoms with Gasteiger partial charge in [-0.2, -0.15) is 0 Å². The number of hydrogen-bond donors (Lipinski definition) is 0. The molecule has 135 valence electrons. The van der Waals surface area contributed by atoms with E-state index in [1.165, 1.54) is 89.9 Å². The van der Waals surface area contributed by atoms with Gasteiger partial charge in [-0.3, -0.25) is 4.79 Å². The highest BCUT2D eigenvalue weighted by molar-refractivity contribution is 7.79. The first-order valence-corrected chi connectivity index (χ1v) is 10.3. The molecule has 0 aliphatic heterocycles. The van der Waals surface area contributed by atoms with E-state index in [0.29, 0.717) is 13.0 Å². The van der Waals surface area contributed by atoms with E-state index in [1.807, 2.05) is 6.29 Å². The maximum atomic E-state index is 10.1. The summed E-state index contributed by atoms with van der Waals surface area (Å²) in [7, 11) is 0. The van der Waals surface area contributed by atoms with Crippen LogP contribution < -0.4 is 0 Å². The van der Waals surface area contributed by atoms with Gasteiger partial charge in [-0.25, -0.2) is 0 Å². The highest BCUT2D eigenvalue weighted by atomic mass is 32.1. The maximum absolute atomic E-state index is 10.1. The van der Waals surface area contributed by atoms with Gasteiger partial charge >= 0.3 is 0 Å². The zero-order valence-corrected chi connectivity index (χ0v) is 15.8. The molecule has 1 radical (unpaired) electrons. The molecule has 0 aromatic carbocycles. The Morgan fingerprint density at radius 3 is 1.43 bits per heavy atom. The molecule has 0 aromatic heterocycles. The van der Waals surface area contributed by atoms with Gasteiger partial charge in [-0.05, 0) is 12.8 Å². The Balaban J connectivity index is 2.94. The lowest BCUT2D eigenvalue weighted by Crippen LogP contribution is -1.96. The fourth-order valence-electron chi connectivity index (χ4n) is 2.83. The van der Waals surface area contributed by atoms with Gasteiger partial charge in [0.15, 0.2) is 6.29 Å². The lowest BCUT2D eigenvalue weighted by atomic mass is 10.0. The lowest BCUT2D eigenvalue weighted by molar-refractivity contribution is 0.169. The van der Waals surface area contributed by atoms with Crippen molar-refractivity contribution in [1.82, 2.24) is 0 Å². The predicted octanol–water partition coefficient (Wildman–Crippen LogP) is 6.35. The fourth-order valence-corrected chi connectivity index (χ4v) is 2.93. The molecule has 3 heteroatoms. The quantitative estimate of drug-likeness (QED) is 0.190. The smallest absolute Gasteiger partial charge is 0.198 e. The second kappa shape index (κ2) is 21.7. The van der Waals surface area contributed by atoms with E-state index in [-0.39, 0.29) is 0 Å². The first kappa shape index (κ1) is 22.7. The van der Waals surface area contributed by atoms with Crippen LogP contribution in [0.2, 0.25) is 0 Å². The molecule has 0 fully saturated rings. The van der Waals surface area contributed by atoms with E-state index in [4.69, 9.17) is 17.0 Å². The largest absolute Gasteiger partial charge is 0.377 e. The molecule has 0 saturated heterocycles. The Bertz CT molecular complexity index is 220. The summed E-state index contributed by atoms with van der Waals surface area (Å²) >= 11 is 4.71. The van der Waals surface area contributed by atoms with Gasteiger partial charge in [0.1, 0.15) is 0 Å². The van der Waals surface area contributed by atoms with Gasteiger partial charge in [-0.1, -0.05) is 95.7 Å². The molecule has 0 N–H and O–H groups in total. The van der Waals surface area contributed by atoms with E-state index >= 15 is 0 Å². The number of ether oxygens (including phenoxy) is 1. The Morgan fingerprint density at radius 2 is 1.04 bits per heavy atom. The molecule has 0 aliphatic carbocycles. The minimum Gasteiger partial charge on any atom is -0.377 e. The van der Waals surface area contributed by atoms with E-state index in [0.717, 1.165) is 13.0 Å². The average Bonchev–Trinajstić information content (AvgIpc) is 2.57. The van der Waals surface area contributed by atoms with Gasteiger partial charge in [0.05, 0.1) is 6.61 Å². The van der Waals surface area contributed by atoms with Gasteiger partial charge < -0.3 is 4.74 Å². The van der Waals surface area contributed by atoms with Crippen LogP contribution in [0.5, 0.6) is 0 Å². The molecule has 0 aliphatic rings. The molecule has 0 rings (SSSR count). The van der Waals surface area contributed by atoms with Crippen molar-refractivity contribution in [1.29, 1.82) is 0 Å². The predicted molar refractivity (Wildman–Crippen MR) is 104 cm³/mol. The van der Waals surface area contributed by atoms with Crippen LogP contribution in [0.4, 0.5) is 0 Å². The molecular formula is C20H37O2S. The number of rotatable bonds is 20. The second-order valence-electron chi connectivity index (χ2n) is 6.44. The summed E-state index contributed by atoms with van der Waals surface area (Å²) < 4.78 is 5.33. The SMILES string of the molecule is O=[C]CCCCCCCCCCCCCCCCCOCC=S. The van der Waals surface area contributed by atoms with Crippen molar-refractivity contribution in [3.63, 3.8) is 0 Å². The van der Waals surface area contributed by atoms with Crippen molar-refractivity contribution in [2.24, 2.45) is 0 Å². The average molecular weight is 342 g/mol. The first-order valence-electron chi connectivity index (χ1n) is 9.78. The van der Waals surface area contributed by atoms with E-state index in [1.54, 1.807) is 5.37 Å².